The number of nitrogens with zero attached hydrogens (tertiary/aromatic N) is 1. The molecule has 47 heavy (non-hydrogen) atoms. The van der Waals surface area contributed by atoms with Crippen LogP contribution in [0, 0.1) is 11.7 Å². The predicted octanol–water partition coefficient (Wildman–Crippen LogP) is 4.89. The van der Waals surface area contributed by atoms with Crippen LogP contribution in [0.2, 0.25) is 5.02 Å². The van der Waals surface area contributed by atoms with E-state index in [-0.39, 0.29) is 55.3 Å². The van der Waals surface area contributed by atoms with Crippen molar-refractivity contribution in [2.24, 2.45) is 5.92 Å². The van der Waals surface area contributed by atoms with E-state index in [4.69, 9.17) is 16.3 Å². The third-order valence-corrected chi connectivity index (χ3v) is 11.4. The first kappa shape index (κ1) is 35.3. The van der Waals surface area contributed by atoms with Gasteiger partial charge in [0.1, 0.15) is 11.9 Å². The van der Waals surface area contributed by atoms with Crippen LogP contribution < -0.4 is 16.0 Å². The van der Waals surface area contributed by atoms with E-state index in [9.17, 15) is 36.3 Å². The van der Waals surface area contributed by atoms with E-state index >= 15 is 4.39 Å². The number of alkyl halides is 3. The highest BCUT2D eigenvalue weighted by molar-refractivity contribution is 7.89. The van der Waals surface area contributed by atoms with Crippen molar-refractivity contribution in [3.05, 3.63) is 64.4 Å². The molecule has 16 heteroatoms. The average Bonchev–Trinajstić information content (AvgIpc) is 3.12. The number of ether oxygens (including phenoxy) is 1. The molecule has 7 atom stereocenters. The Hall–Kier alpha value is -2.98. The lowest BCUT2D eigenvalue weighted by atomic mass is 9.76. The number of fused-ring (bicyclic) bond motifs is 2. The number of benzene rings is 2. The number of halogens is 5. The van der Waals surface area contributed by atoms with Gasteiger partial charge < -0.3 is 25.8 Å². The van der Waals surface area contributed by atoms with E-state index in [1.54, 1.807) is 12.1 Å². The SMILES string of the molecule is O=C(O)N[C@H](C(=O)Nc1cccc(F)c1CC[C@H]1CN[C@@H]2CCCS(=O)(=O)N1C2)[C@@H](c1ccc(Cl)cc1)C1CCC(C(F)(F)F)OC1. The zero-order chi connectivity index (χ0) is 33.9. The second-order valence-corrected chi connectivity index (χ2v) is 14.8. The molecule has 2 aromatic rings. The highest BCUT2D eigenvalue weighted by Crippen LogP contribution is 2.40. The Morgan fingerprint density at radius 1 is 1.13 bits per heavy atom. The number of anilines is 1. The first-order valence-corrected chi connectivity index (χ1v) is 17.5. The molecule has 2 bridgehead atoms. The summed E-state index contributed by atoms with van der Waals surface area (Å²) in [6.45, 7) is 0.340. The van der Waals surface area contributed by atoms with E-state index in [1.165, 1.54) is 34.6 Å². The summed E-state index contributed by atoms with van der Waals surface area (Å²) in [7, 11) is -3.48. The maximum absolute atomic E-state index is 15.3. The minimum atomic E-state index is -4.57. The van der Waals surface area contributed by atoms with E-state index in [0.29, 0.717) is 30.1 Å². The van der Waals surface area contributed by atoms with Gasteiger partial charge in [-0.1, -0.05) is 29.8 Å². The third-order valence-electron chi connectivity index (χ3n) is 9.23. The quantitative estimate of drug-likeness (QED) is 0.273. The number of sulfonamides is 1. The van der Waals surface area contributed by atoms with Crippen LogP contribution in [0.15, 0.2) is 42.5 Å². The summed E-state index contributed by atoms with van der Waals surface area (Å²) in [5.41, 5.74) is 0.629. The van der Waals surface area contributed by atoms with Crippen LogP contribution in [0.5, 0.6) is 0 Å². The molecule has 2 aromatic carbocycles. The molecule has 0 saturated carbocycles. The summed E-state index contributed by atoms with van der Waals surface area (Å²) in [4.78, 5) is 25.9. The lowest BCUT2D eigenvalue weighted by Gasteiger charge is -2.38. The third kappa shape index (κ3) is 8.55. The van der Waals surface area contributed by atoms with Gasteiger partial charge in [-0.2, -0.15) is 17.5 Å². The lowest BCUT2D eigenvalue weighted by molar-refractivity contribution is -0.236. The van der Waals surface area contributed by atoms with E-state index in [0.717, 1.165) is 6.42 Å². The lowest BCUT2D eigenvalue weighted by Crippen LogP contribution is -2.57. The molecule has 3 saturated heterocycles. The molecule has 0 radical (unpaired) electrons. The van der Waals surface area contributed by atoms with Gasteiger partial charge in [0, 0.05) is 47.4 Å². The summed E-state index contributed by atoms with van der Waals surface area (Å²) >= 11 is 6.06. The molecular weight excluding hydrogens is 668 g/mol. The second kappa shape index (κ2) is 14.6. The maximum atomic E-state index is 15.3. The summed E-state index contributed by atoms with van der Waals surface area (Å²) in [5.74, 6) is -3.11. The Labute approximate surface area is 275 Å². The van der Waals surface area contributed by atoms with E-state index in [1.807, 2.05) is 0 Å². The number of nitrogens with one attached hydrogen (secondary N) is 3. The summed E-state index contributed by atoms with van der Waals surface area (Å²) in [5, 5.41) is 18.3. The number of piperazine rings is 1. The van der Waals surface area contributed by atoms with Crippen molar-refractivity contribution in [3.63, 3.8) is 0 Å². The highest BCUT2D eigenvalue weighted by atomic mass is 35.5. The van der Waals surface area contributed by atoms with Crippen molar-refractivity contribution in [2.75, 3.05) is 30.8 Å². The van der Waals surface area contributed by atoms with Gasteiger partial charge >= 0.3 is 12.3 Å². The van der Waals surface area contributed by atoms with Gasteiger partial charge in [0.25, 0.3) is 0 Å². The Kier molecular flexibility index (Phi) is 11.0. The second-order valence-electron chi connectivity index (χ2n) is 12.3. The number of amides is 2. The highest BCUT2D eigenvalue weighted by Gasteiger charge is 2.46. The van der Waals surface area contributed by atoms with Crippen molar-refractivity contribution >= 4 is 39.3 Å². The minimum absolute atomic E-state index is 0.0105. The molecule has 0 aromatic heterocycles. The average molecular weight is 705 g/mol. The molecule has 258 valence electrons. The number of carboxylic acid groups (broad SMARTS) is 1. The zero-order valence-electron chi connectivity index (χ0n) is 25.3. The first-order valence-electron chi connectivity index (χ1n) is 15.5. The molecular formula is C31H37ClF4N4O6S. The van der Waals surface area contributed by atoms with Crippen LogP contribution in [-0.4, -0.2) is 85.7 Å². The predicted molar refractivity (Wildman–Crippen MR) is 166 cm³/mol. The van der Waals surface area contributed by atoms with Crippen molar-refractivity contribution < 1.29 is 45.4 Å². The number of carbonyl (C=O) groups excluding carboxylic acids is 1. The summed E-state index contributed by atoms with van der Waals surface area (Å²) < 4.78 is 87.8. The van der Waals surface area contributed by atoms with Crippen molar-refractivity contribution in [2.45, 2.75) is 74.8 Å². The van der Waals surface area contributed by atoms with Crippen LogP contribution in [-0.2, 0) is 26.0 Å². The van der Waals surface area contributed by atoms with Crippen LogP contribution in [0.1, 0.15) is 49.1 Å². The molecule has 3 fully saturated rings. The molecule has 3 unspecified atom stereocenters. The molecule has 5 rings (SSSR count). The van der Waals surface area contributed by atoms with Gasteiger partial charge in [-0.3, -0.25) is 4.79 Å². The van der Waals surface area contributed by atoms with Gasteiger partial charge in [-0.05, 0) is 74.3 Å². The Morgan fingerprint density at radius 3 is 2.53 bits per heavy atom. The monoisotopic (exact) mass is 704 g/mol. The largest absolute Gasteiger partial charge is 0.465 e. The van der Waals surface area contributed by atoms with E-state index < -0.39 is 64.0 Å². The van der Waals surface area contributed by atoms with Crippen LogP contribution in [0.3, 0.4) is 0 Å². The maximum Gasteiger partial charge on any atom is 0.414 e. The topological polar surface area (TPSA) is 137 Å². The van der Waals surface area contributed by atoms with Gasteiger partial charge in [0.05, 0.1) is 12.4 Å². The summed E-state index contributed by atoms with van der Waals surface area (Å²) in [6, 6.07) is 8.35. The van der Waals surface area contributed by atoms with Crippen molar-refractivity contribution in [3.8, 4) is 0 Å². The van der Waals surface area contributed by atoms with Gasteiger partial charge in [0.15, 0.2) is 6.10 Å². The number of hydrogen-bond acceptors (Lipinski definition) is 6. The van der Waals surface area contributed by atoms with Gasteiger partial charge in [0.2, 0.25) is 15.9 Å². The molecule has 4 N–H and O–H groups in total. The van der Waals surface area contributed by atoms with Crippen molar-refractivity contribution in [1.82, 2.24) is 14.9 Å². The molecule has 3 aliphatic heterocycles. The molecule has 10 nitrogen and oxygen atoms in total. The first-order chi connectivity index (χ1) is 22.2. The number of rotatable bonds is 9. The standard InChI is InChI=1S/C31H37ClF4N4O6S/c32-20-9-6-18(7-10-20)27(19-8-13-26(46-17-19)31(34,35)36)28(39-30(42)43)29(41)38-25-5-1-4-24(33)23(25)12-11-22-15-37-21-3-2-14-47(44,45)40(22)16-21/h1,4-7,9-10,19,21-22,26-28,37,39H,2-3,8,11-17H2,(H,38,41)(H,42,43)/t19?,21-,22+,26?,27+,28+/m1/s1. The normalized spacial score (nSPS) is 27.2. The van der Waals surface area contributed by atoms with Gasteiger partial charge in [-0.25, -0.2) is 17.6 Å². The fraction of sp³-hybridized carbons (Fsp3) is 0.548. The molecule has 3 heterocycles. The molecule has 0 aliphatic carbocycles. The fourth-order valence-corrected chi connectivity index (χ4v) is 8.82. The van der Waals surface area contributed by atoms with Crippen LogP contribution in [0.4, 0.5) is 28.0 Å². The fourth-order valence-electron chi connectivity index (χ4n) is 6.88. The van der Waals surface area contributed by atoms with Crippen LogP contribution in [0.25, 0.3) is 0 Å². The molecule has 0 spiro atoms. The number of hydrogen-bond donors (Lipinski definition) is 4. The zero-order valence-corrected chi connectivity index (χ0v) is 26.9. The minimum Gasteiger partial charge on any atom is -0.465 e. The Balaban J connectivity index is 1.39. The Morgan fingerprint density at radius 2 is 1.87 bits per heavy atom. The van der Waals surface area contributed by atoms with Gasteiger partial charge in [-0.15, -0.1) is 0 Å². The van der Waals surface area contributed by atoms with Crippen molar-refractivity contribution in [1.29, 1.82) is 0 Å². The Bertz CT molecular complexity index is 1540. The molecule has 3 aliphatic rings. The smallest absolute Gasteiger partial charge is 0.414 e. The van der Waals surface area contributed by atoms with E-state index in [2.05, 4.69) is 16.0 Å². The summed E-state index contributed by atoms with van der Waals surface area (Å²) in [6.07, 6.45) is -6.87. The molecule has 2 amide bonds. The van der Waals surface area contributed by atoms with Crippen LogP contribution >= 0.6 is 11.6 Å². The number of carbonyl (C=O) groups is 2.